The molecule has 0 radical (unpaired) electrons. The molecule has 0 N–H and O–H groups in total. The Bertz CT molecular complexity index is 848. The molecule has 2 nitrogen and oxygen atoms in total. The maximum Gasteiger partial charge on any atom is 0.147 e. The lowest BCUT2D eigenvalue weighted by Crippen LogP contribution is -2.44. The van der Waals surface area contributed by atoms with Crippen LogP contribution in [-0.4, -0.2) is 30.8 Å². The molecule has 0 bridgehead atoms. The van der Waals surface area contributed by atoms with Crippen LogP contribution in [0.3, 0.4) is 0 Å². The van der Waals surface area contributed by atoms with Gasteiger partial charge in [0.15, 0.2) is 0 Å². The van der Waals surface area contributed by atoms with Crippen LogP contribution >= 0.6 is 0 Å². The maximum absolute atomic E-state index is 13.6. The van der Waals surface area contributed by atoms with Gasteiger partial charge in [0, 0.05) is 12.5 Å². The highest BCUT2D eigenvalue weighted by atomic mass is 16.1. The van der Waals surface area contributed by atoms with Gasteiger partial charge in [-0.05, 0) is 43.6 Å². The van der Waals surface area contributed by atoms with Gasteiger partial charge < -0.3 is 4.90 Å². The Morgan fingerprint density at radius 3 is 1.66 bits per heavy atom. The number of ketones is 1. The number of nitrogens with zero attached hydrogens (tertiary/aromatic N) is 1. The molecule has 0 fully saturated rings. The van der Waals surface area contributed by atoms with E-state index in [0.29, 0.717) is 6.42 Å². The first-order valence-electron chi connectivity index (χ1n) is 10.4. The van der Waals surface area contributed by atoms with Crippen molar-refractivity contribution in [3.63, 3.8) is 0 Å². The van der Waals surface area contributed by atoms with Crippen molar-refractivity contribution in [2.24, 2.45) is 0 Å². The zero-order valence-electron chi connectivity index (χ0n) is 17.7. The van der Waals surface area contributed by atoms with Crippen molar-refractivity contribution in [1.29, 1.82) is 0 Å². The van der Waals surface area contributed by atoms with Gasteiger partial charge in [0.25, 0.3) is 0 Å². The molecule has 0 saturated heterocycles. The van der Waals surface area contributed by atoms with E-state index in [1.165, 1.54) is 5.56 Å². The Hall–Kier alpha value is -2.71. The highest BCUT2D eigenvalue weighted by Crippen LogP contribution is 2.40. The maximum atomic E-state index is 13.6. The largest absolute Gasteiger partial charge is 0.306 e. The lowest BCUT2D eigenvalue weighted by atomic mass is 9.66. The molecule has 0 spiro atoms. The fourth-order valence-corrected chi connectivity index (χ4v) is 4.26. The molecule has 3 aromatic carbocycles. The van der Waals surface area contributed by atoms with Crippen LogP contribution in [0.15, 0.2) is 91.0 Å². The lowest BCUT2D eigenvalue weighted by Gasteiger charge is -2.39. The SMILES string of the molecule is CCC(=O)C(C[C@@H](Cc1ccccc1)N(C)C)(c1ccccc1)c1ccccc1. The van der Waals surface area contributed by atoms with Crippen molar-refractivity contribution < 1.29 is 4.79 Å². The van der Waals surface area contributed by atoms with Crippen molar-refractivity contribution in [3.8, 4) is 0 Å². The van der Waals surface area contributed by atoms with Crippen LogP contribution in [0, 0.1) is 0 Å². The molecule has 29 heavy (non-hydrogen) atoms. The van der Waals surface area contributed by atoms with Gasteiger partial charge >= 0.3 is 0 Å². The molecule has 0 saturated carbocycles. The van der Waals surface area contributed by atoms with Gasteiger partial charge in [0.2, 0.25) is 0 Å². The Balaban J connectivity index is 2.12. The summed E-state index contributed by atoms with van der Waals surface area (Å²) in [6, 6.07) is 31.4. The predicted molar refractivity (Wildman–Crippen MR) is 121 cm³/mol. The number of carbonyl (C=O) groups excluding carboxylic acids is 1. The molecule has 0 unspecified atom stereocenters. The van der Waals surface area contributed by atoms with E-state index in [9.17, 15) is 4.79 Å². The van der Waals surface area contributed by atoms with Gasteiger partial charge in [-0.15, -0.1) is 0 Å². The zero-order valence-corrected chi connectivity index (χ0v) is 17.7. The first kappa shape index (κ1) is 21.0. The highest BCUT2D eigenvalue weighted by Gasteiger charge is 2.42. The first-order valence-corrected chi connectivity index (χ1v) is 10.4. The minimum atomic E-state index is -0.652. The summed E-state index contributed by atoms with van der Waals surface area (Å²) in [6.07, 6.45) is 2.16. The molecule has 0 amide bonds. The molecule has 1 atom stereocenters. The van der Waals surface area contributed by atoms with Crippen molar-refractivity contribution in [2.45, 2.75) is 37.6 Å². The van der Waals surface area contributed by atoms with Crippen LogP contribution in [0.1, 0.15) is 36.5 Å². The number of benzene rings is 3. The van der Waals surface area contributed by atoms with Gasteiger partial charge in [-0.2, -0.15) is 0 Å². The minimum absolute atomic E-state index is 0.230. The van der Waals surface area contributed by atoms with Gasteiger partial charge in [-0.1, -0.05) is 97.9 Å². The van der Waals surface area contributed by atoms with Gasteiger partial charge in [-0.3, -0.25) is 4.79 Å². The fraction of sp³-hybridized carbons (Fsp3) is 0.296. The van der Waals surface area contributed by atoms with Crippen LogP contribution in [0.25, 0.3) is 0 Å². The second-order valence-corrected chi connectivity index (χ2v) is 7.93. The molecule has 0 heterocycles. The highest BCUT2D eigenvalue weighted by molar-refractivity contribution is 5.93. The zero-order chi connectivity index (χ0) is 20.7. The Morgan fingerprint density at radius 2 is 1.24 bits per heavy atom. The van der Waals surface area contributed by atoms with Gasteiger partial charge in [-0.25, -0.2) is 0 Å². The minimum Gasteiger partial charge on any atom is -0.306 e. The van der Waals surface area contributed by atoms with Gasteiger partial charge in [0.05, 0.1) is 5.41 Å². The smallest absolute Gasteiger partial charge is 0.147 e. The molecule has 0 aliphatic heterocycles. The van der Waals surface area contributed by atoms with Crippen molar-refractivity contribution in [1.82, 2.24) is 4.90 Å². The molecule has 0 aliphatic rings. The quantitative estimate of drug-likeness (QED) is 0.484. The third-order valence-electron chi connectivity index (χ3n) is 5.92. The molecular formula is C27H31NO. The van der Waals surface area contributed by atoms with Crippen molar-refractivity contribution in [3.05, 3.63) is 108 Å². The van der Waals surface area contributed by atoms with Crippen molar-refractivity contribution in [2.75, 3.05) is 14.1 Å². The Morgan fingerprint density at radius 1 is 0.793 bits per heavy atom. The Kier molecular flexibility index (Phi) is 7.00. The summed E-state index contributed by atoms with van der Waals surface area (Å²) < 4.78 is 0. The predicted octanol–water partition coefficient (Wildman–Crippen LogP) is 5.51. The summed E-state index contributed by atoms with van der Waals surface area (Å²) in [5.74, 6) is 0.273. The average Bonchev–Trinajstić information content (AvgIpc) is 2.78. The van der Waals surface area contributed by atoms with Crippen LogP contribution in [0.4, 0.5) is 0 Å². The van der Waals surface area contributed by atoms with Crippen LogP contribution < -0.4 is 0 Å². The molecule has 0 aromatic heterocycles. The molecule has 3 rings (SSSR count). The van der Waals surface area contributed by atoms with Crippen LogP contribution in [0.2, 0.25) is 0 Å². The first-order chi connectivity index (χ1) is 14.1. The third-order valence-corrected chi connectivity index (χ3v) is 5.92. The van der Waals surface area contributed by atoms with E-state index >= 15 is 0 Å². The molecule has 2 heteroatoms. The van der Waals surface area contributed by atoms with Crippen LogP contribution in [0.5, 0.6) is 0 Å². The van der Waals surface area contributed by atoms with E-state index in [1.807, 2.05) is 49.4 Å². The summed E-state index contributed by atoms with van der Waals surface area (Å²) in [7, 11) is 4.23. The number of Topliss-reactive ketones (excluding diaryl/α,β-unsaturated/α-hetero) is 1. The number of hydrogen-bond acceptors (Lipinski definition) is 2. The number of likely N-dealkylation sites (N-methyl/N-ethyl adjacent to an activating group) is 1. The average molecular weight is 386 g/mol. The number of hydrogen-bond donors (Lipinski definition) is 0. The lowest BCUT2D eigenvalue weighted by molar-refractivity contribution is -0.123. The Labute approximate surface area is 175 Å². The molecule has 3 aromatic rings. The molecular weight excluding hydrogens is 354 g/mol. The number of carbonyl (C=O) groups is 1. The third kappa shape index (κ3) is 4.65. The summed E-state index contributed by atoms with van der Waals surface area (Å²) in [5.41, 5.74) is 2.81. The van der Waals surface area contributed by atoms with Gasteiger partial charge in [0.1, 0.15) is 5.78 Å². The molecule has 0 aliphatic carbocycles. The van der Waals surface area contributed by atoms with E-state index < -0.39 is 5.41 Å². The van der Waals surface area contributed by atoms with E-state index in [0.717, 1.165) is 24.0 Å². The molecule has 150 valence electrons. The normalized spacial score (nSPS) is 12.7. The van der Waals surface area contributed by atoms with E-state index in [1.54, 1.807) is 0 Å². The topological polar surface area (TPSA) is 20.3 Å². The summed E-state index contributed by atoms with van der Waals surface area (Å²) >= 11 is 0. The second kappa shape index (κ2) is 9.67. The van der Waals surface area contributed by atoms with E-state index in [4.69, 9.17) is 0 Å². The number of rotatable bonds is 9. The van der Waals surface area contributed by atoms with Crippen molar-refractivity contribution >= 4 is 5.78 Å². The van der Waals surface area contributed by atoms with E-state index in [-0.39, 0.29) is 11.8 Å². The summed E-state index contributed by atoms with van der Waals surface area (Å²) in [4.78, 5) is 15.9. The van der Waals surface area contributed by atoms with E-state index in [2.05, 4.69) is 67.5 Å². The standard InChI is InChI=1S/C27H31NO/c1-4-26(29)27(23-16-10-6-11-17-23,24-18-12-7-13-19-24)21-25(28(2)3)20-22-14-8-5-9-15-22/h5-19,25H,4,20-21H2,1-3H3/t25-/m1/s1. The second-order valence-electron chi connectivity index (χ2n) is 7.93. The monoisotopic (exact) mass is 385 g/mol. The fourth-order valence-electron chi connectivity index (χ4n) is 4.26. The summed E-state index contributed by atoms with van der Waals surface area (Å²) in [5, 5.41) is 0. The summed E-state index contributed by atoms with van der Waals surface area (Å²) in [6.45, 7) is 1.98. The van der Waals surface area contributed by atoms with Crippen LogP contribution in [-0.2, 0) is 16.6 Å².